The summed E-state index contributed by atoms with van der Waals surface area (Å²) in [4.78, 5) is 13.9. The first-order valence-electron chi connectivity index (χ1n) is 3.63. The SMILES string of the molecule is O=C(O)c1nc(C(F)F)ccc1CCl. The quantitative estimate of drug-likeness (QED) is 0.798. The Morgan fingerprint density at radius 1 is 1.57 bits per heavy atom. The van der Waals surface area contributed by atoms with E-state index in [4.69, 9.17) is 16.7 Å². The van der Waals surface area contributed by atoms with Gasteiger partial charge in [0.05, 0.1) is 0 Å². The molecule has 76 valence electrons. The van der Waals surface area contributed by atoms with Crippen LogP contribution in [0.1, 0.15) is 28.2 Å². The number of aromatic nitrogens is 1. The number of carbonyl (C=O) groups is 1. The highest BCUT2D eigenvalue weighted by molar-refractivity contribution is 6.17. The molecule has 0 unspecified atom stereocenters. The number of carboxylic acid groups (broad SMARTS) is 1. The summed E-state index contributed by atoms with van der Waals surface area (Å²) in [6, 6.07) is 2.31. The summed E-state index contributed by atoms with van der Waals surface area (Å²) in [5.74, 6) is -1.43. The van der Waals surface area contributed by atoms with Crippen LogP contribution in [0.5, 0.6) is 0 Å². The summed E-state index contributed by atoms with van der Waals surface area (Å²) in [6.07, 6.45) is -2.78. The van der Waals surface area contributed by atoms with Crippen LogP contribution in [0.25, 0.3) is 0 Å². The molecular formula is C8H6ClF2NO2. The molecule has 3 nitrogen and oxygen atoms in total. The summed E-state index contributed by atoms with van der Waals surface area (Å²) in [6.45, 7) is 0. The van der Waals surface area contributed by atoms with Crippen molar-refractivity contribution in [3.63, 3.8) is 0 Å². The Labute approximate surface area is 83.3 Å². The molecule has 1 N–H and O–H groups in total. The Morgan fingerprint density at radius 3 is 2.64 bits per heavy atom. The van der Waals surface area contributed by atoms with Crippen molar-refractivity contribution in [1.82, 2.24) is 4.98 Å². The predicted molar refractivity (Wildman–Crippen MR) is 45.7 cm³/mol. The van der Waals surface area contributed by atoms with Gasteiger partial charge in [0.1, 0.15) is 5.69 Å². The van der Waals surface area contributed by atoms with E-state index in [0.29, 0.717) is 0 Å². The number of rotatable bonds is 3. The lowest BCUT2D eigenvalue weighted by atomic mass is 10.2. The van der Waals surface area contributed by atoms with Crippen LogP contribution in [0.15, 0.2) is 12.1 Å². The molecule has 0 saturated carbocycles. The molecule has 0 bridgehead atoms. The number of carboxylic acids is 1. The molecule has 0 fully saturated rings. The second-order valence-corrected chi connectivity index (χ2v) is 2.75. The van der Waals surface area contributed by atoms with Crippen LogP contribution < -0.4 is 0 Å². The standard InChI is InChI=1S/C8H6ClF2NO2/c9-3-4-1-2-5(7(10)11)12-6(4)8(13)14/h1-2,7H,3H2,(H,13,14). The maximum Gasteiger partial charge on any atom is 0.354 e. The van der Waals surface area contributed by atoms with Gasteiger partial charge in [-0.15, -0.1) is 11.6 Å². The topological polar surface area (TPSA) is 50.2 Å². The fraction of sp³-hybridized carbons (Fsp3) is 0.250. The van der Waals surface area contributed by atoms with E-state index in [2.05, 4.69) is 4.98 Å². The molecule has 1 rings (SSSR count). The van der Waals surface area contributed by atoms with E-state index in [1.807, 2.05) is 0 Å². The third-order valence-corrected chi connectivity index (χ3v) is 1.86. The minimum Gasteiger partial charge on any atom is -0.477 e. The molecule has 1 heterocycles. The van der Waals surface area contributed by atoms with Gasteiger partial charge in [-0.1, -0.05) is 6.07 Å². The Bertz CT molecular complexity index is 357. The average Bonchev–Trinajstić information content (AvgIpc) is 2.16. The second-order valence-electron chi connectivity index (χ2n) is 2.48. The van der Waals surface area contributed by atoms with Crippen molar-refractivity contribution < 1.29 is 18.7 Å². The minimum atomic E-state index is -2.78. The Balaban J connectivity index is 3.21. The van der Waals surface area contributed by atoms with Crippen LogP contribution >= 0.6 is 11.6 Å². The van der Waals surface area contributed by atoms with Crippen LogP contribution in [-0.4, -0.2) is 16.1 Å². The summed E-state index contributed by atoms with van der Waals surface area (Å²) >= 11 is 5.42. The van der Waals surface area contributed by atoms with E-state index in [1.54, 1.807) is 0 Å². The molecule has 0 aliphatic carbocycles. The van der Waals surface area contributed by atoms with Gasteiger partial charge in [0, 0.05) is 11.4 Å². The number of halogens is 3. The molecule has 0 aliphatic rings. The van der Waals surface area contributed by atoms with Gasteiger partial charge in [-0.05, 0) is 6.07 Å². The van der Waals surface area contributed by atoms with Crippen molar-refractivity contribution in [1.29, 1.82) is 0 Å². The highest BCUT2D eigenvalue weighted by atomic mass is 35.5. The second kappa shape index (κ2) is 4.32. The smallest absolute Gasteiger partial charge is 0.354 e. The Morgan fingerprint density at radius 2 is 2.21 bits per heavy atom. The van der Waals surface area contributed by atoms with Gasteiger partial charge in [-0.25, -0.2) is 18.6 Å². The fourth-order valence-electron chi connectivity index (χ4n) is 0.918. The van der Waals surface area contributed by atoms with E-state index < -0.39 is 23.8 Å². The highest BCUT2D eigenvalue weighted by Crippen LogP contribution is 2.19. The number of pyridine rings is 1. The van der Waals surface area contributed by atoms with Crippen molar-refractivity contribution >= 4 is 17.6 Å². The molecule has 1 aromatic heterocycles. The molecule has 0 aromatic carbocycles. The van der Waals surface area contributed by atoms with Gasteiger partial charge in [0.25, 0.3) is 6.43 Å². The van der Waals surface area contributed by atoms with E-state index in [1.165, 1.54) is 6.07 Å². The molecule has 0 spiro atoms. The number of alkyl halides is 3. The lowest BCUT2D eigenvalue weighted by Gasteiger charge is -2.04. The largest absolute Gasteiger partial charge is 0.477 e. The summed E-state index contributed by atoms with van der Waals surface area (Å²) in [5, 5.41) is 8.64. The molecule has 6 heteroatoms. The number of hydrogen-bond acceptors (Lipinski definition) is 2. The summed E-state index contributed by atoms with van der Waals surface area (Å²) in [7, 11) is 0. The normalized spacial score (nSPS) is 10.6. The first-order chi connectivity index (χ1) is 6.56. The van der Waals surface area contributed by atoms with Gasteiger partial charge in [-0.3, -0.25) is 0 Å². The van der Waals surface area contributed by atoms with Crippen molar-refractivity contribution in [2.45, 2.75) is 12.3 Å². The molecule has 0 aliphatic heterocycles. The van der Waals surface area contributed by atoms with Gasteiger partial charge in [0.2, 0.25) is 0 Å². The van der Waals surface area contributed by atoms with Crippen molar-refractivity contribution in [3.05, 3.63) is 29.1 Å². The van der Waals surface area contributed by atoms with Crippen LogP contribution in [0, 0.1) is 0 Å². The zero-order chi connectivity index (χ0) is 10.7. The van der Waals surface area contributed by atoms with Gasteiger partial charge in [-0.2, -0.15) is 0 Å². The molecular weight excluding hydrogens is 216 g/mol. The molecule has 0 radical (unpaired) electrons. The van der Waals surface area contributed by atoms with Gasteiger partial charge < -0.3 is 5.11 Å². The van der Waals surface area contributed by atoms with Crippen LogP contribution in [-0.2, 0) is 5.88 Å². The molecule has 0 amide bonds. The van der Waals surface area contributed by atoms with E-state index >= 15 is 0 Å². The minimum absolute atomic E-state index is 0.0713. The zero-order valence-electron chi connectivity index (χ0n) is 6.88. The molecule has 0 saturated heterocycles. The average molecular weight is 222 g/mol. The first kappa shape index (κ1) is 10.8. The Kier molecular flexibility index (Phi) is 3.35. The number of nitrogens with zero attached hydrogens (tertiary/aromatic N) is 1. The third kappa shape index (κ3) is 2.17. The number of hydrogen-bond donors (Lipinski definition) is 1. The Hall–Kier alpha value is -1.23. The fourth-order valence-corrected chi connectivity index (χ4v) is 1.13. The summed E-state index contributed by atoms with van der Waals surface area (Å²) < 4.78 is 24.3. The van der Waals surface area contributed by atoms with Crippen LogP contribution in [0.2, 0.25) is 0 Å². The zero-order valence-corrected chi connectivity index (χ0v) is 7.63. The highest BCUT2D eigenvalue weighted by Gasteiger charge is 2.16. The molecule has 14 heavy (non-hydrogen) atoms. The van der Waals surface area contributed by atoms with E-state index in [9.17, 15) is 13.6 Å². The first-order valence-corrected chi connectivity index (χ1v) is 4.17. The maximum absolute atomic E-state index is 12.2. The van der Waals surface area contributed by atoms with Gasteiger partial charge in [0.15, 0.2) is 5.69 Å². The monoisotopic (exact) mass is 221 g/mol. The lowest BCUT2D eigenvalue weighted by molar-refractivity contribution is 0.0687. The maximum atomic E-state index is 12.2. The van der Waals surface area contributed by atoms with Crippen molar-refractivity contribution in [3.8, 4) is 0 Å². The van der Waals surface area contributed by atoms with Crippen LogP contribution in [0.4, 0.5) is 8.78 Å². The predicted octanol–water partition coefficient (Wildman–Crippen LogP) is 2.46. The van der Waals surface area contributed by atoms with Crippen LogP contribution in [0.3, 0.4) is 0 Å². The molecule has 0 atom stereocenters. The third-order valence-electron chi connectivity index (χ3n) is 1.57. The molecule has 1 aromatic rings. The number of aromatic carboxylic acids is 1. The van der Waals surface area contributed by atoms with E-state index in [0.717, 1.165) is 6.07 Å². The van der Waals surface area contributed by atoms with Crippen molar-refractivity contribution in [2.24, 2.45) is 0 Å². The lowest BCUT2D eigenvalue weighted by Crippen LogP contribution is -2.07. The summed E-state index contributed by atoms with van der Waals surface area (Å²) in [5.41, 5.74) is -0.752. The van der Waals surface area contributed by atoms with Gasteiger partial charge >= 0.3 is 5.97 Å². The van der Waals surface area contributed by atoms with Crippen molar-refractivity contribution in [2.75, 3.05) is 0 Å². The van der Waals surface area contributed by atoms with E-state index in [-0.39, 0.29) is 11.4 Å².